The molecule has 2 aromatic rings. The molecule has 1 unspecified atom stereocenters. The number of fused-ring (bicyclic) bond motifs is 1. The molecule has 0 spiro atoms. The number of nitrogens with one attached hydrogen (secondary N) is 1. The Morgan fingerprint density at radius 3 is 3.00 bits per heavy atom. The quantitative estimate of drug-likeness (QED) is 0.835. The zero-order valence-electron chi connectivity index (χ0n) is 10.4. The van der Waals surface area contributed by atoms with Gasteiger partial charge in [-0.15, -0.1) is 0 Å². The number of benzene rings is 1. The zero-order valence-corrected chi connectivity index (χ0v) is 10.4. The molecule has 0 radical (unpaired) electrons. The number of rotatable bonds is 4. The Morgan fingerprint density at radius 2 is 2.22 bits per heavy atom. The summed E-state index contributed by atoms with van der Waals surface area (Å²) in [6.07, 6.45) is 3.08. The molecule has 1 amide bonds. The van der Waals surface area contributed by atoms with Crippen molar-refractivity contribution in [3.63, 3.8) is 0 Å². The molecule has 3 heteroatoms. The number of hydrogen-bond donors (Lipinski definition) is 1. The molecule has 1 atom stereocenters. The van der Waals surface area contributed by atoms with Crippen LogP contribution in [0.3, 0.4) is 0 Å². The lowest BCUT2D eigenvalue weighted by molar-refractivity contribution is -0.116. The van der Waals surface area contributed by atoms with Crippen molar-refractivity contribution >= 4 is 16.8 Å². The summed E-state index contributed by atoms with van der Waals surface area (Å²) in [7, 11) is 0. The molecular formula is C15H16N2O. The molecule has 1 aromatic carbocycles. The van der Waals surface area contributed by atoms with Gasteiger partial charge in [0.2, 0.25) is 5.91 Å². The van der Waals surface area contributed by atoms with Crippen LogP contribution >= 0.6 is 0 Å². The number of nitrogens with zero attached hydrogens (tertiary/aromatic N) is 1. The minimum atomic E-state index is -0.143. The number of pyridine rings is 1. The van der Waals surface area contributed by atoms with E-state index in [2.05, 4.69) is 29.9 Å². The van der Waals surface area contributed by atoms with Crippen LogP contribution in [0.1, 0.15) is 18.4 Å². The molecule has 0 saturated carbocycles. The monoisotopic (exact) mass is 240 g/mol. The summed E-state index contributed by atoms with van der Waals surface area (Å²) in [5, 5.41) is 3.93. The average Bonchev–Trinajstić information content (AvgIpc) is 2.43. The number of carbonyl (C=O) groups is 1. The SMILES string of the molecule is C=CC(=O)NCC(C)c1cccc2cccnc12. The summed E-state index contributed by atoms with van der Waals surface area (Å²) >= 11 is 0. The smallest absolute Gasteiger partial charge is 0.243 e. The third-order valence-corrected chi connectivity index (χ3v) is 2.96. The molecule has 2 rings (SSSR count). The summed E-state index contributed by atoms with van der Waals surface area (Å²) in [5.74, 6) is 0.0718. The average molecular weight is 240 g/mol. The van der Waals surface area contributed by atoms with Gasteiger partial charge >= 0.3 is 0 Å². The van der Waals surface area contributed by atoms with E-state index in [1.54, 1.807) is 6.20 Å². The lowest BCUT2D eigenvalue weighted by atomic mass is 9.98. The second-order valence-electron chi connectivity index (χ2n) is 4.27. The molecule has 0 bridgehead atoms. The molecule has 92 valence electrons. The Bertz CT molecular complexity index is 572. The number of carbonyl (C=O) groups excluding carboxylic acids is 1. The number of aromatic nitrogens is 1. The zero-order chi connectivity index (χ0) is 13.0. The molecule has 0 aliphatic rings. The molecule has 18 heavy (non-hydrogen) atoms. The van der Waals surface area contributed by atoms with Gasteiger partial charge in [-0.2, -0.15) is 0 Å². The van der Waals surface area contributed by atoms with Crippen molar-refractivity contribution in [1.29, 1.82) is 0 Å². The second kappa shape index (κ2) is 5.45. The van der Waals surface area contributed by atoms with E-state index in [9.17, 15) is 4.79 Å². The fourth-order valence-corrected chi connectivity index (χ4v) is 1.96. The van der Waals surface area contributed by atoms with E-state index >= 15 is 0 Å². The van der Waals surface area contributed by atoms with E-state index in [-0.39, 0.29) is 11.8 Å². The number of hydrogen-bond acceptors (Lipinski definition) is 2. The van der Waals surface area contributed by atoms with Crippen LogP contribution in [0.4, 0.5) is 0 Å². The highest BCUT2D eigenvalue weighted by molar-refractivity contribution is 5.87. The van der Waals surface area contributed by atoms with Gasteiger partial charge < -0.3 is 5.32 Å². The van der Waals surface area contributed by atoms with E-state index in [0.29, 0.717) is 6.54 Å². The van der Waals surface area contributed by atoms with Crippen LogP contribution in [-0.2, 0) is 4.79 Å². The number of para-hydroxylation sites is 1. The first-order valence-electron chi connectivity index (χ1n) is 5.96. The summed E-state index contributed by atoms with van der Waals surface area (Å²) in [4.78, 5) is 15.6. The van der Waals surface area contributed by atoms with Gasteiger partial charge in [0.1, 0.15) is 0 Å². The Kier molecular flexibility index (Phi) is 3.72. The molecule has 0 saturated heterocycles. The van der Waals surface area contributed by atoms with Crippen LogP contribution in [-0.4, -0.2) is 17.4 Å². The fraction of sp³-hybridized carbons (Fsp3) is 0.200. The van der Waals surface area contributed by atoms with Gasteiger partial charge in [0.15, 0.2) is 0 Å². The van der Waals surface area contributed by atoms with E-state index < -0.39 is 0 Å². The topological polar surface area (TPSA) is 42.0 Å². The summed E-state index contributed by atoms with van der Waals surface area (Å²) in [6, 6.07) is 10.1. The van der Waals surface area contributed by atoms with E-state index in [4.69, 9.17) is 0 Å². The highest BCUT2D eigenvalue weighted by Crippen LogP contribution is 2.23. The van der Waals surface area contributed by atoms with Gasteiger partial charge in [-0.3, -0.25) is 9.78 Å². The fourth-order valence-electron chi connectivity index (χ4n) is 1.96. The minimum Gasteiger partial charge on any atom is -0.352 e. The predicted molar refractivity (Wildman–Crippen MR) is 73.4 cm³/mol. The van der Waals surface area contributed by atoms with Gasteiger partial charge in [-0.05, 0) is 17.7 Å². The van der Waals surface area contributed by atoms with Crippen LogP contribution in [0.25, 0.3) is 10.9 Å². The maximum absolute atomic E-state index is 11.2. The van der Waals surface area contributed by atoms with Crippen LogP contribution in [0.2, 0.25) is 0 Å². The van der Waals surface area contributed by atoms with Gasteiger partial charge in [0, 0.05) is 24.0 Å². The van der Waals surface area contributed by atoms with Crippen molar-refractivity contribution in [3.05, 3.63) is 54.7 Å². The minimum absolute atomic E-state index is 0.143. The van der Waals surface area contributed by atoms with Crippen molar-refractivity contribution in [2.24, 2.45) is 0 Å². The largest absolute Gasteiger partial charge is 0.352 e. The van der Waals surface area contributed by atoms with Crippen molar-refractivity contribution < 1.29 is 4.79 Å². The molecule has 0 fully saturated rings. The van der Waals surface area contributed by atoms with Crippen LogP contribution < -0.4 is 5.32 Å². The molecule has 3 nitrogen and oxygen atoms in total. The lowest BCUT2D eigenvalue weighted by Gasteiger charge is -2.14. The highest BCUT2D eigenvalue weighted by Gasteiger charge is 2.10. The molecule has 1 N–H and O–H groups in total. The van der Waals surface area contributed by atoms with Gasteiger partial charge in [-0.25, -0.2) is 0 Å². The molecule has 1 heterocycles. The molecule has 0 aliphatic heterocycles. The van der Waals surface area contributed by atoms with Gasteiger partial charge in [0.05, 0.1) is 5.52 Å². The lowest BCUT2D eigenvalue weighted by Crippen LogP contribution is -2.25. The van der Waals surface area contributed by atoms with Crippen molar-refractivity contribution in [2.75, 3.05) is 6.54 Å². The van der Waals surface area contributed by atoms with E-state index in [1.807, 2.05) is 24.3 Å². The van der Waals surface area contributed by atoms with E-state index in [0.717, 1.165) is 16.5 Å². The Labute approximate surface area is 107 Å². The van der Waals surface area contributed by atoms with Gasteiger partial charge in [0.25, 0.3) is 0 Å². The first kappa shape index (κ1) is 12.3. The Balaban J connectivity index is 2.24. The van der Waals surface area contributed by atoms with Crippen molar-refractivity contribution in [1.82, 2.24) is 10.3 Å². The highest BCUT2D eigenvalue weighted by atomic mass is 16.1. The summed E-state index contributed by atoms with van der Waals surface area (Å²) < 4.78 is 0. The third-order valence-electron chi connectivity index (χ3n) is 2.96. The maximum atomic E-state index is 11.2. The summed E-state index contributed by atoms with van der Waals surface area (Å²) in [6.45, 7) is 6.10. The maximum Gasteiger partial charge on any atom is 0.243 e. The van der Waals surface area contributed by atoms with Crippen molar-refractivity contribution in [3.8, 4) is 0 Å². The van der Waals surface area contributed by atoms with Crippen LogP contribution in [0, 0.1) is 0 Å². The summed E-state index contributed by atoms with van der Waals surface area (Å²) in [5.41, 5.74) is 2.15. The van der Waals surface area contributed by atoms with Crippen molar-refractivity contribution in [2.45, 2.75) is 12.8 Å². The normalized spacial score (nSPS) is 12.1. The second-order valence-corrected chi connectivity index (χ2v) is 4.27. The molecular weight excluding hydrogens is 224 g/mol. The number of amides is 1. The standard InChI is InChI=1S/C15H16N2O/c1-3-14(18)17-10-11(2)13-8-4-6-12-7-5-9-16-15(12)13/h3-9,11H,1,10H2,2H3,(H,17,18). The van der Waals surface area contributed by atoms with Crippen LogP contribution in [0.15, 0.2) is 49.2 Å². The van der Waals surface area contributed by atoms with E-state index in [1.165, 1.54) is 6.08 Å². The third kappa shape index (κ3) is 2.56. The first-order valence-corrected chi connectivity index (χ1v) is 5.96. The predicted octanol–water partition coefficient (Wildman–Crippen LogP) is 2.64. The Hall–Kier alpha value is -2.16. The van der Waals surface area contributed by atoms with Crippen LogP contribution in [0.5, 0.6) is 0 Å². The Morgan fingerprint density at radius 1 is 1.44 bits per heavy atom. The molecule has 1 aromatic heterocycles. The van der Waals surface area contributed by atoms with Gasteiger partial charge in [-0.1, -0.05) is 37.8 Å². The molecule has 0 aliphatic carbocycles. The first-order chi connectivity index (χ1) is 8.72.